The number of nitrogens with zero attached hydrogens (tertiary/aromatic N) is 6. The summed E-state index contributed by atoms with van der Waals surface area (Å²) in [6.07, 6.45) is 9.20. The molecule has 3 aliphatic heterocycles. The number of benzene rings is 2. The van der Waals surface area contributed by atoms with Gasteiger partial charge in [-0.3, -0.25) is 39.1 Å². The average molecular weight is 847 g/mol. The highest BCUT2D eigenvalue weighted by molar-refractivity contribution is 6.24. The molecule has 0 spiro atoms. The minimum atomic E-state index is -1.06. The van der Waals surface area contributed by atoms with E-state index >= 15 is 0 Å². The Labute approximate surface area is 361 Å². The molecule has 1 unspecified atom stereocenters. The van der Waals surface area contributed by atoms with Gasteiger partial charge in [0.2, 0.25) is 17.8 Å². The molecule has 2 saturated carbocycles. The van der Waals surface area contributed by atoms with Gasteiger partial charge in [-0.15, -0.1) is 0 Å². The van der Waals surface area contributed by atoms with E-state index in [2.05, 4.69) is 50.3 Å². The molecule has 5 aliphatic rings. The van der Waals surface area contributed by atoms with Gasteiger partial charge >= 0.3 is 0 Å². The Morgan fingerprint density at radius 3 is 2.24 bits per heavy atom. The molecular formula is C46H54N8O8. The largest absolute Gasteiger partial charge is 0.496 e. The van der Waals surface area contributed by atoms with Crippen LogP contribution >= 0.6 is 0 Å². The molecular weight excluding hydrogens is 793 g/mol. The molecule has 62 heavy (non-hydrogen) atoms. The second kappa shape index (κ2) is 17.7. The molecule has 3 atom stereocenters. The predicted octanol–water partition coefficient (Wildman–Crippen LogP) is 4.64. The summed E-state index contributed by atoms with van der Waals surface area (Å²) in [5, 5.41) is 14.7. The van der Waals surface area contributed by atoms with Crippen LogP contribution in [0.15, 0.2) is 36.7 Å². The zero-order valence-corrected chi connectivity index (χ0v) is 35.9. The van der Waals surface area contributed by atoms with Gasteiger partial charge in [-0.05, 0) is 95.0 Å². The highest BCUT2D eigenvalue weighted by Crippen LogP contribution is 2.40. The molecule has 2 saturated heterocycles. The van der Waals surface area contributed by atoms with Crippen molar-refractivity contribution in [3.05, 3.63) is 70.0 Å². The van der Waals surface area contributed by atoms with Crippen molar-refractivity contribution >= 4 is 35.5 Å². The number of carbonyl (C=O) groups is 5. The quantitative estimate of drug-likeness (QED) is 0.226. The van der Waals surface area contributed by atoms with Gasteiger partial charge in [0, 0.05) is 81.9 Å². The third-order valence-corrected chi connectivity index (χ3v) is 13.1. The first-order valence-corrected chi connectivity index (χ1v) is 21.7. The Bertz CT molecular complexity index is 2270. The van der Waals surface area contributed by atoms with Crippen LogP contribution in [0.5, 0.6) is 17.2 Å². The fourth-order valence-electron chi connectivity index (χ4n) is 9.66. The molecule has 0 bridgehead atoms. The minimum Gasteiger partial charge on any atom is -0.496 e. The van der Waals surface area contributed by atoms with Gasteiger partial charge in [0.05, 0.1) is 35.4 Å². The van der Waals surface area contributed by atoms with Crippen LogP contribution in [0.25, 0.3) is 0 Å². The Morgan fingerprint density at radius 1 is 0.919 bits per heavy atom. The number of carbonyl (C=O) groups excluding carboxylic acids is 5. The lowest BCUT2D eigenvalue weighted by Gasteiger charge is -2.46. The first-order valence-electron chi connectivity index (χ1n) is 21.7. The summed E-state index contributed by atoms with van der Waals surface area (Å²) in [7, 11) is 1.42. The van der Waals surface area contributed by atoms with Gasteiger partial charge in [-0.2, -0.15) is 5.26 Å². The zero-order chi connectivity index (χ0) is 43.8. The van der Waals surface area contributed by atoms with Gasteiger partial charge in [-0.1, -0.05) is 0 Å². The van der Waals surface area contributed by atoms with Gasteiger partial charge in [0.15, 0.2) is 0 Å². The lowest BCUT2D eigenvalue weighted by Crippen LogP contribution is -2.54. The SMILES string of the molecule is COc1cc(OC2CC(N(CC3CCN(c4ncc(C(=O)N[C@H]5CC[C@@H](Oc6cc(C)c(C#N)c(C)c6)C5)cn4)CC3)C(C)C)C2)cc2c1C(=O)N(C1CCC(=O)NC1=O)C2=O. The second-order valence-electron chi connectivity index (χ2n) is 17.6. The summed E-state index contributed by atoms with van der Waals surface area (Å²) < 4.78 is 18.1. The number of piperidine rings is 2. The number of nitrogens with one attached hydrogen (secondary N) is 2. The Balaban J connectivity index is 0.789. The molecule has 4 fully saturated rings. The summed E-state index contributed by atoms with van der Waals surface area (Å²) in [5.74, 6) is -0.00855. The third kappa shape index (κ3) is 8.68. The molecule has 1 aromatic heterocycles. The summed E-state index contributed by atoms with van der Waals surface area (Å²) in [5.41, 5.74) is 3.11. The van der Waals surface area contributed by atoms with Gasteiger partial charge in [0.25, 0.3) is 17.7 Å². The Kier molecular flexibility index (Phi) is 12.2. The normalized spacial score (nSPS) is 23.9. The lowest BCUT2D eigenvalue weighted by atomic mass is 9.85. The number of aryl methyl sites for hydroxylation is 2. The number of amides is 5. The second-order valence-corrected chi connectivity index (χ2v) is 17.6. The summed E-state index contributed by atoms with van der Waals surface area (Å²) in [6, 6.07) is 8.82. The standard InChI is InChI=1S/C46H54N8O8/c1-25(2)53(31-17-34(18-31)62-35-19-36-41(39(20-35)60-5)45(59)54(44(36)58)38-8-9-40(55)51-43(38)57)24-28-10-12-52(13-11-28)46-48-22-29(23-49-46)42(56)50-30-6-7-32(16-30)61-33-14-26(3)37(21-47)27(4)15-33/h14-15,19-20,22-23,25,28,30-32,34,38H,6-13,16-18,24H2,1-5H3,(H,50,56)(H,51,55,57)/t30-,31?,32+,34?,38?/m0/s1. The van der Waals surface area contributed by atoms with E-state index in [-0.39, 0.29) is 53.9 Å². The molecule has 326 valence electrons. The minimum absolute atomic E-state index is 0.00834. The molecule has 2 aliphatic carbocycles. The highest BCUT2D eigenvalue weighted by Gasteiger charge is 2.47. The van der Waals surface area contributed by atoms with Crippen molar-refractivity contribution in [1.82, 2.24) is 30.4 Å². The average Bonchev–Trinajstić information content (AvgIpc) is 3.77. The number of imide groups is 2. The van der Waals surface area contributed by atoms with Crippen molar-refractivity contribution in [3.63, 3.8) is 0 Å². The Morgan fingerprint density at radius 2 is 1.60 bits per heavy atom. The fraction of sp³-hybridized carbons (Fsp3) is 0.522. The van der Waals surface area contributed by atoms with Crippen molar-refractivity contribution in [2.75, 3.05) is 31.6 Å². The van der Waals surface area contributed by atoms with Crippen LogP contribution in [-0.2, 0) is 9.59 Å². The molecule has 2 aromatic carbocycles. The van der Waals surface area contributed by atoms with Crippen LogP contribution < -0.4 is 29.7 Å². The summed E-state index contributed by atoms with van der Waals surface area (Å²) in [6.45, 7) is 10.9. The number of fused-ring (bicyclic) bond motifs is 1. The number of ether oxygens (including phenoxy) is 3. The van der Waals surface area contributed by atoms with E-state index in [0.717, 1.165) is 79.9 Å². The molecule has 3 aromatic rings. The van der Waals surface area contributed by atoms with E-state index in [1.54, 1.807) is 24.5 Å². The summed E-state index contributed by atoms with van der Waals surface area (Å²) >= 11 is 0. The van der Waals surface area contributed by atoms with Crippen molar-refractivity contribution in [3.8, 4) is 23.3 Å². The number of methoxy groups -OCH3 is 1. The topological polar surface area (TPSA) is 196 Å². The van der Waals surface area contributed by atoms with Crippen LogP contribution in [0.1, 0.15) is 119 Å². The van der Waals surface area contributed by atoms with Crippen LogP contribution in [0, 0.1) is 31.1 Å². The van der Waals surface area contributed by atoms with Crippen LogP contribution in [0.2, 0.25) is 0 Å². The van der Waals surface area contributed by atoms with Gasteiger partial charge in [-0.25, -0.2) is 9.97 Å². The smallest absolute Gasteiger partial charge is 0.266 e. The van der Waals surface area contributed by atoms with E-state index in [0.29, 0.717) is 47.2 Å². The maximum Gasteiger partial charge on any atom is 0.266 e. The Hall–Kier alpha value is -6.08. The molecule has 16 nitrogen and oxygen atoms in total. The van der Waals surface area contributed by atoms with Crippen LogP contribution in [0.3, 0.4) is 0 Å². The third-order valence-electron chi connectivity index (χ3n) is 13.1. The predicted molar refractivity (Wildman–Crippen MR) is 226 cm³/mol. The maximum absolute atomic E-state index is 13.5. The molecule has 2 N–H and O–H groups in total. The van der Waals surface area contributed by atoms with E-state index in [4.69, 9.17) is 14.2 Å². The van der Waals surface area contributed by atoms with E-state index in [9.17, 15) is 29.2 Å². The number of rotatable bonds is 13. The molecule has 8 rings (SSSR count). The number of anilines is 1. The number of hydrogen-bond acceptors (Lipinski definition) is 13. The molecule has 5 amide bonds. The van der Waals surface area contributed by atoms with Crippen LogP contribution in [0.4, 0.5) is 5.95 Å². The van der Waals surface area contributed by atoms with Crippen LogP contribution in [-0.4, -0.2) is 112 Å². The lowest BCUT2D eigenvalue weighted by molar-refractivity contribution is -0.136. The molecule has 0 radical (unpaired) electrons. The van der Waals surface area contributed by atoms with Crippen molar-refractivity contribution in [2.24, 2.45) is 5.92 Å². The number of hydrogen-bond donors (Lipinski definition) is 2. The van der Waals surface area contributed by atoms with E-state index < -0.39 is 29.7 Å². The molecule has 16 heteroatoms. The van der Waals surface area contributed by atoms with Crippen molar-refractivity contribution in [1.29, 1.82) is 5.26 Å². The monoisotopic (exact) mass is 846 g/mol. The highest BCUT2D eigenvalue weighted by atomic mass is 16.5. The van der Waals surface area contributed by atoms with Crippen molar-refractivity contribution < 1.29 is 38.2 Å². The maximum atomic E-state index is 13.5. The van der Waals surface area contributed by atoms with Gasteiger partial charge < -0.3 is 24.4 Å². The van der Waals surface area contributed by atoms with E-state index in [1.807, 2.05) is 26.0 Å². The first kappa shape index (κ1) is 42.6. The van der Waals surface area contributed by atoms with Crippen molar-refractivity contribution in [2.45, 2.75) is 122 Å². The van der Waals surface area contributed by atoms with E-state index in [1.165, 1.54) is 7.11 Å². The number of nitriles is 1. The van der Waals surface area contributed by atoms with Gasteiger partial charge in [0.1, 0.15) is 35.5 Å². The first-order chi connectivity index (χ1) is 29.8. The zero-order valence-electron chi connectivity index (χ0n) is 35.9. The summed E-state index contributed by atoms with van der Waals surface area (Å²) in [4.78, 5) is 79.1. The fourth-order valence-corrected chi connectivity index (χ4v) is 9.66. The molecule has 4 heterocycles. The number of aromatic nitrogens is 2.